The number of thioether (sulfide) groups is 1. The topological polar surface area (TPSA) is 24.1 Å². The van der Waals surface area contributed by atoms with Crippen molar-refractivity contribution in [3.63, 3.8) is 0 Å². The van der Waals surface area contributed by atoms with E-state index in [1.807, 2.05) is 20.9 Å². The van der Waals surface area contributed by atoms with Crippen molar-refractivity contribution in [1.29, 1.82) is 0 Å². The van der Waals surface area contributed by atoms with Gasteiger partial charge in [-0.3, -0.25) is 0 Å². The molecular formula is C25H58N2S. The molecule has 0 aromatic heterocycles. The van der Waals surface area contributed by atoms with Crippen LogP contribution in [0.1, 0.15) is 108 Å². The summed E-state index contributed by atoms with van der Waals surface area (Å²) in [4.78, 5) is 0. The van der Waals surface area contributed by atoms with E-state index in [2.05, 4.69) is 77.8 Å². The molecule has 28 heavy (non-hydrogen) atoms. The van der Waals surface area contributed by atoms with Gasteiger partial charge in [0.1, 0.15) is 0 Å². The van der Waals surface area contributed by atoms with Crippen molar-refractivity contribution in [2.24, 2.45) is 17.8 Å². The highest BCUT2D eigenvalue weighted by atomic mass is 32.2. The van der Waals surface area contributed by atoms with Gasteiger partial charge in [-0.25, -0.2) is 0 Å². The van der Waals surface area contributed by atoms with Gasteiger partial charge in [0.05, 0.1) is 0 Å². The quantitative estimate of drug-likeness (QED) is 0.490. The number of hydrogen-bond acceptors (Lipinski definition) is 3. The molecule has 2 unspecified atom stereocenters. The van der Waals surface area contributed by atoms with E-state index in [0.717, 1.165) is 23.8 Å². The largest absolute Gasteiger partial charge is 0.318 e. The van der Waals surface area contributed by atoms with Gasteiger partial charge in [-0.2, -0.15) is 11.8 Å². The van der Waals surface area contributed by atoms with Crippen LogP contribution in [0.5, 0.6) is 0 Å². The lowest BCUT2D eigenvalue weighted by Gasteiger charge is -2.26. The Morgan fingerprint density at radius 2 is 1.43 bits per heavy atom. The first kappa shape index (κ1) is 32.9. The molecule has 2 atom stereocenters. The van der Waals surface area contributed by atoms with Crippen LogP contribution in [0.25, 0.3) is 0 Å². The smallest absolute Gasteiger partial charge is 0.00900 e. The Kier molecular flexibility index (Phi) is 29.8. The molecule has 2 N–H and O–H groups in total. The minimum Gasteiger partial charge on any atom is -0.318 e. The van der Waals surface area contributed by atoms with Crippen molar-refractivity contribution >= 4 is 11.8 Å². The van der Waals surface area contributed by atoms with Gasteiger partial charge in [-0.15, -0.1) is 0 Å². The third-order valence-electron chi connectivity index (χ3n) is 5.14. The SMILES string of the molecule is CC.CC(C)C1CCCCN1.CC(C)C1CCSC1.CCCC.CNC(C)C. The van der Waals surface area contributed by atoms with Gasteiger partial charge in [-0.05, 0) is 62.1 Å². The van der Waals surface area contributed by atoms with Crippen molar-refractivity contribution < 1.29 is 0 Å². The first-order chi connectivity index (χ1) is 13.3. The third kappa shape index (κ3) is 24.3. The molecule has 0 spiro atoms. The summed E-state index contributed by atoms with van der Waals surface area (Å²) in [7, 11) is 1.95. The second-order valence-corrected chi connectivity index (χ2v) is 9.76. The number of unbranched alkanes of at least 4 members (excludes halogenated alkanes) is 1. The van der Waals surface area contributed by atoms with E-state index in [1.54, 1.807) is 0 Å². The van der Waals surface area contributed by atoms with Crippen molar-refractivity contribution in [3.8, 4) is 0 Å². The zero-order chi connectivity index (χ0) is 22.4. The summed E-state index contributed by atoms with van der Waals surface area (Å²) in [6.45, 7) is 23.1. The minimum absolute atomic E-state index is 0.634. The molecule has 0 radical (unpaired) electrons. The lowest BCUT2D eigenvalue weighted by atomic mass is 9.95. The molecule has 0 amide bonds. The van der Waals surface area contributed by atoms with Gasteiger partial charge in [-0.1, -0.05) is 88.5 Å². The van der Waals surface area contributed by atoms with Crippen LogP contribution in [-0.2, 0) is 0 Å². The molecule has 0 aromatic carbocycles. The van der Waals surface area contributed by atoms with Gasteiger partial charge in [0, 0.05) is 12.1 Å². The molecule has 2 heterocycles. The molecule has 2 aliphatic heterocycles. The fraction of sp³-hybridized carbons (Fsp3) is 1.00. The van der Waals surface area contributed by atoms with Gasteiger partial charge < -0.3 is 10.6 Å². The highest BCUT2D eigenvalue weighted by Crippen LogP contribution is 2.28. The molecule has 174 valence electrons. The Balaban J connectivity index is -0.000000303. The molecule has 0 bridgehead atoms. The Bertz CT molecular complexity index is 253. The number of rotatable bonds is 4. The van der Waals surface area contributed by atoms with E-state index >= 15 is 0 Å². The summed E-state index contributed by atoms with van der Waals surface area (Å²) in [5, 5.41) is 6.55. The average molecular weight is 419 g/mol. The molecule has 0 aliphatic carbocycles. The van der Waals surface area contributed by atoms with E-state index in [-0.39, 0.29) is 0 Å². The molecule has 2 nitrogen and oxygen atoms in total. The summed E-state index contributed by atoms with van der Waals surface area (Å²) in [5.74, 6) is 5.59. The number of nitrogens with one attached hydrogen (secondary N) is 2. The van der Waals surface area contributed by atoms with Crippen LogP contribution < -0.4 is 10.6 Å². The van der Waals surface area contributed by atoms with E-state index in [9.17, 15) is 0 Å². The first-order valence-corrected chi connectivity index (χ1v) is 13.4. The van der Waals surface area contributed by atoms with Gasteiger partial charge in [0.25, 0.3) is 0 Å². The summed E-state index contributed by atoms with van der Waals surface area (Å²) in [5.41, 5.74) is 0. The minimum atomic E-state index is 0.634. The predicted molar refractivity (Wildman–Crippen MR) is 137 cm³/mol. The Morgan fingerprint density at radius 1 is 0.893 bits per heavy atom. The van der Waals surface area contributed by atoms with Crippen LogP contribution in [0.15, 0.2) is 0 Å². The predicted octanol–water partition coefficient (Wildman–Crippen LogP) is 7.63. The van der Waals surface area contributed by atoms with E-state index in [4.69, 9.17) is 0 Å². The maximum absolute atomic E-state index is 3.52. The van der Waals surface area contributed by atoms with Gasteiger partial charge >= 0.3 is 0 Å². The van der Waals surface area contributed by atoms with Crippen LogP contribution in [-0.4, -0.2) is 37.2 Å². The Morgan fingerprint density at radius 3 is 1.61 bits per heavy atom. The molecule has 2 saturated heterocycles. The van der Waals surface area contributed by atoms with Crippen LogP contribution in [0, 0.1) is 17.8 Å². The number of hydrogen-bond donors (Lipinski definition) is 2. The maximum atomic E-state index is 3.52. The van der Waals surface area contributed by atoms with Gasteiger partial charge in [0.2, 0.25) is 0 Å². The van der Waals surface area contributed by atoms with Crippen molar-refractivity contribution in [2.45, 2.75) is 120 Å². The third-order valence-corrected chi connectivity index (χ3v) is 6.33. The van der Waals surface area contributed by atoms with E-state index in [0.29, 0.717) is 6.04 Å². The fourth-order valence-electron chi connectivity index (χ4n) is 2.53. The molecule has 2 aliphatic rings. The number of piperidine rings is 1. The van der Waals surface area contributed by atoms with Crippen LogP contribution in [0.4, 0.5) is 0 Å². The van der Waals surface area contributed by atoms with Crippen molar-refractivity contribution in [2.75, 3.05) is 25.1 Å². The summed E-state index contributed by atoms with van der Waals surface area (Å²) in [6, 6.07) is 1.44. The molecule has 2 rings (SSSR count). The van der Waals surface area contributed by atoms with E-state index in [1.165, 1.54) is 56.6 Å². The molecule has 0 aromatic rings. The first-order valence-electron chi connectivity index (χ1n) is 12.3. The standard InChI is InChI=1S/C8H17N.C7H14S.C4H11N.C4H10.C2H6/c1-7(2)8-5-3-4-6-9-8;1-6(2)7-3-4-8-5-7;1-4(2)5-3;1-3-4-2;1-2/h7-9H,3-6H2,1-2H3;6-7H,3-5H2,1-2H3;4-5H,1-3H3;3-4H2,1-2H3;1-2H3. The Hall–Kier alpha value is 0.270. The zero-order valence-electron chi connectivity index (χ0n) is 21.7. The maximum Gasteiger partial charge on any atom is 0.00900 e. The van der Waals surface area contributed by atoms with E-state index < -0.39 is 0 Å². The Labute approximate surface area is 185 Å². The highest BCUT2D eigenvalue weighted by molar-refractivity contribution is 7.99. The van der Waals surface area contributed by atoms with Crippen LogP contribution in [0.3, 0.4) is 0 Å². The van der Waals surface area contributed by atoms with Crippen molar-refractivity contribution in [3.05, 3.63) is 0 Å². The molecule has 2 fully saturated rings. The monoisotopic (exact) mass is 418 g/mol. The summed E-state index contributed by atoms with van der Waals surface area (Å²) >= 11 is 2.11. The zero-order valence-corrected chi connectivity index (χ0v) is 22.5. The molecule has 0 saturated carbocycles. The van der Waals surface area contributed by atoms with Crippen molar-refractivity contribution in [1.82, 2.24) is 10.6 Å². The normalized spacial score (nSPS) is 20.8. The second kappa shape index (κ2) is 25.3. The summed E-state index contributed by atoms with van der Waals surface area (Å²) in [6.07, 6.45) is 8.29. The second-order valence-electron chi connectivity index (χ2n) is 8.61. The molecule has 3 heteroatoms. The highest BCUT2D eigenvalue weighted by Gasteiger charge is 2.17. The lowest BCUT2D eigenvalue weighted by molar-refractivity contribution is 0.326. The summed E-state index contributed by atoms with van der Waals surface area (Å²) < 4.78 is 0. The van der Waals surface area contributed by atoms with Crippen LogP contribution >= 0.6 is 11.8 Å². The lowest BCUT2D eigenvalue weighted by Crippen LogP contribution is -2.37. The average Bonchev–Trinajstić information content (AvgIpc) is 3.26. The molecular weight excluding hydrogens is 360 g/mol. The van der Waals surface area contributed by atoms with Crippen LogP contribution in [0.2, 0.25) is 0 Å². The van der Waals surface area contributed by atoms with Gasteiger partial charge in [0.15, 0.2) is 0 Å². The fourth-order valence-corrected chi connectivity index (χ4v) is 4.02.